The van der Waals surface area contributed by atoms with E-state index in [9.17, 15) is 4.39 Å². The molecule has 0 aliphatic carbocycles. The fourth-order valence-corrected chi connectivity index (χ4v) is 3.57. The van der Waals surface area contributed by atoms with Crippen molar-refractivity contribution in [3.63, 3.8) is 0 Å². The van der Waals surface area contributed by atoms with Crippen LogP contribution in [-0.4, -0.2) is 48.1 Å². The van der Waals surface area contributed by atoms with Gasteiger partial charge in [-0.05, 0) is 50.9 Å². The van der Waals surface area contributed by atoms with E-state index in [0.29, 0.717) is 24.2 Å². The molecule has 2 heterocycles. The molecule has 1 aromatic carbocycles. The van der Waals surface area contributed by atoms with Gasteiger partial charge < -0.3 is 20.3 Å². The van der Waals surface area contributed by atoms with Gasteiger partial charge in [-0.1, -0.05) is 19.1 Å². The summed E-state index contributed by atoms with van der Waals surface area (Å²) in [6.07, 6.45) is 5.10. The minimum atomic E-state index is -0.341. The minimum absolute atomic E-state index is 0.341. The number of aliphatic imine (C=N–C) groups is 1. The van der Waals surface area contributed by atoms with Crippen molar-refractivity contribution < 1.29 is 9.13 Å². The van der Waals surface area contributed by atoms with E-state index in [4.69, 9.17) is 9.73 Å². The molecule has 162 valence electrons. The first kappa shape index (κ1) is 22.0. The van der Waals surface area contributed by atoms with Gasteiger partial charge in [0.25, 0.3) is 0 Å². The highest BCUT2D eigenvalue weighted by Crippen LogP contribution is 2.24. The largest absolute Gasteiger partial charge is 0.439 e. The lowest BCUT2D eigenvalue weighted by atomic mass is 10.1. The summed E-state index contributed by atoms with van der Waals surface area (Å²) in [7, 11) is 0. The van der Waals surface area contributed by atoms with Crippen LogP contribution in [-0.2, 0) is 6.54 Å². The molecule has 0 unspecified atom stereocenters. The van der Waals surface area contributed by atoms with Crippen LogP contribution in [0.4, 0.5) is 4.39 Å². The van der Waals surface area contributed by atoms with Crippen LogP contribution in [0.3, 0.4) is 0 Å². The summed E-state index contributed by atoms with van der Waals surface area (Å²) in [6, 6.07) is 10.3. The van der Waals surface area contributed by atoms with Gasteiger partial charge in [-0.15, -0.1) is 0 Å². The lowest BCUT2D eigenvalue weighted by molar-refractivity contribution is 0.206. The summed E-state index contributed by atoms with van der Waals surface area (Å²) < 4.78 is 19.3. The number of benzene rings is 1. The molecule has 0 bridgehead atoms. The molecule has 2 N–H and O–H groups in total. The summed E-state index contributed by atoms with van der Waals surface area (Å²) in [5.74, 6) is 1.32. The van der Waals surface area contributed by atoms with Crippen LogP contribution in [0.2, 0.25) is 0 Å². The summed E-state index contributed by atoms with van der Waals surface area (Å²) in [5, 5.41) is 6.90. The van der Waals surface area contributed by atoms with Crippen molar-refractivity contribution in [2.45, 2.75) is 45.7 Å². The van der Waals surface area contributed by atoms with E-state index in [1.807, 2.05) is 12.1 Å². The Labute approximate surface area is 178 Å². The maximum Gasteiger partial charge on any atom is 0.224 e. The van der Waals surface area contributed by atoms with Crippen molar-refractivity contribution in [1.29, 1.82) is 0 Å². The van der Waals surface area contributed by atoms with Gasteiger partial charge in [0.15, 0.2) is 5.96 Å². The predicted octanol–water partition coefficient (Wildman–Crippen LogP) is 3.94. The van der Waals surface area contributed by atoms with Crippen LogP contribution in [0.25, 0.3) is 0 Å². The number of hydrogen-bond donors (Lipinski definition) is 2. The molecule has 3 rings (SSSR count). The predicted molar refractivity (Wildman–Crippen MR) is 118 cm³/mol. The molecule has 6 nitrogen and oxygen atoms in total. The van der Waals surface area contributed by atoms with Crippen LogP contribution >= 0.6 is 0 Å². The van der Waals surface area contributed by atoms with Crippen LogP contribution in [0.15, 0.2) is 47.6 Å². The second kappa shape index (κ2) is 11.5. The Morgan fingerprint density at radius 1 is 1.23 bits per heavy atom. The second-order valence-electron chi connectivity index (χ2n) is 7.48. The van der Waals surface area contributed by atoms with Gasteiger partial charge >= 0.3 is 0 Å². The number of ether oxygens (including phenoxy) is 1. The molecule has 0 atom stereocenters. The van der Waals surface area contributed by atoms with Crippen LogP contribution in [0.5, 0.6) is 11.6 Å². The highest BCUT2D eigenvalue weighted by atomic mass is 19.1. The molecule has 2 aromatic rings. The molecule has 7 heteroatoms. The van der Waals surface area contributed by atoms with Gasteiger partial charge in [-0.3, -0.25) is 0 Å². The summed E-state index contributed by atoms with van der Waals surface area (Å²) in [4.78, 5) is 11.6. The normalized spacial score (nSPS) is 15.8. The third kappa shape index (κ3) is 6.69. The van der Waals surface area contributed by atoms with Gasteiger partial charge in [0.05, 0.1) is 6.54 Å². The Hall–Kier alpha value is -2.67. The Kier molecular flexibility index (Phi) is 8.44. The minimum Gasteiger partial charge on any atom is -0.439 e. The van der Waals surface area contributed by atoms with Crippen LogP contribution in [0, 0.1) is 5.82 Å². The Bertz CT molecular complexity index is 821. The molecule has 0 saturated carbocycles. The number of rotatable bonds is 8. The highest BCUT2D eigenvalue weighted by molar-refractivity contribution is 5.80. The van der Waals surface area contributed by atoms with Crippen molar-refractivity contribution in [2.75, 3.05) is 26.2 Å². The van der Waals surface area contributed by atoms with Crippen molar-refractivity contribution >= 4 is 5.96 Å². The Morgan fingerprint density at radius 2 is 2.07 bits per heavy atom. The smallest absolute Gasteiger partial charge is 0.224 e. The molecule has 0 radical (unpaired) electrons. The average Bonchev–Trinajstić information content (AvgIpc) is 2.75. The average molecular weight is 414 g/mol. The van der Waals surface area contributed by atoms with Gasteiger partial charge in [-0.2, -0.15) is 0 Å². The topological polar surface area (TPSA) is 61.8 Å². The lowest BCUT2D eigenvalue weighted by Gasteiger charge is -2.32. The number of aromatic nitrogens is 1. The molecule has 30 heavy (non-hydrogen) atoms. The first-order chi connectivity index (χ1) is 14.7. The number of nitrogens with zero attached hydrogens (tertiary/aromatic N) is 3. The zero-order valence-corrected chi connectivity index (χ0v) is 17.9. The van der Waals surface area contributed by atoms with E-state index in [1.165, 1.54) is 25.1 Å². The van der Waals surface area contributed by atoms with Crippen molar-refractivity contribution in [2.24, 2.45) is 4.99 Å². The van der Waals surface area contributed by atoms with E-state index in [-0.39, 0.29) is 5.82 Å². The van der Waals surface area contributed by atoms with Gasteiger partial charge in [-0.25, -0.2) is 14.4 Å². The molecular weight excluding hydrogens is 381 g/mol. The third-order valence-corrected chi connectivity index (χ3v) is 5.08. The fraction of sp³-hybridized carbons (Fsp3) is 0.478. The quantitative estimate of drug-likeness (QED) is 0.507. The monoisotopic (exact) mass is 413 g/mol. The number of pyridine rings is 1. The lowest BCUT2D eigenvalue weighted by Crippen LogP contribution is -2.48. The van der Waals surface area contributed by atoms with Crippen molar-refractivity contribution in [3.05, 3.63) is 54.0 Å². The zero-order chi connectivity index (χ0) is 21.2. The summed E-state index contributed by atoms with van der Waals surface area (Å²) in [6.45, 7) is 8.92. The van der Waals surface area contributed by atoms with Crippen molar-refractivity contribution in [3.8, 4) is 11.6 Å². The molecular formula is C23H32FN5O. The first-order valence-corrected chi connectivity index (χ1v) is 10.8. The van der Waals surface area contributed by atoms with E-state index in [1.54, 1.807) is 18.3 Å². The number of nitrogens with one attached hydrogen (secondary N) is 2. The summed E-state index contributed by atoms with van der Waals surface area (Å²) >= 11 is 0. The van der Waals surface area contributed by atoms with Crippen LogP contribution < -0.4 is 15.4 Å². The second-order valence-corrected chi connectivity index (χ2v) is 7.48. The number of hydrogen-bond acceptors (Lipinski definition) is 4. The maximum absolute atomic E-state index is 13.5. The van der Waals surface area contributed by atoms with E-state index >= 15 is 0 Å². The number of halogens is 1. The fourth-order valence-electron chi connectivity index (χ4n) is 3.57. The molecule has 1 saturated heterocycles. The maximum atomic E-state index is 13.5. The molecule has 1 aliphatic rings. The molecule has 0 amide bonds. The standard InChI is InChI=1S/C23H32FN5O/c1-3-13-29-14-10-20(11-15-29)28-23(25-4-2)27-17-18-7-6-12-26-22(18)30-21-9-5-8-19(24)16-21/h5-9,12,16,20H,3-4,10-11,13-15,17H2,1-2H3,(H2,25,27,28). The van der Waals surface area contributed by atoms with E-state index in [0.717, 1.165) is 44.0 Å². The molecule has 1 aliphatic heterocycles. The SMILES string of the molecule is CCCN1CCC(NC(=NCc2cccnc2Oc2cccc(F)c2)NCC)CC1. The van der Waals surface area contributed by atoms with Crippen LogP contribution in [0.1, 0.15) is 38.7 Å². The van der Waals surface area contributed by atoms with Gasteiger partial charge in [0, 0.05) is 43.5 Å². The Morgan fingerprint density at radius 3 is 2.80 bits per heavy atom. The van der Waals surface area contributed by atoms with Gasteiger partial charge in [0.1, 0.15) is 11.6 Å². The zero-order valence-electron chi connectivity index (χ0n) is 17.9. The van der Waals surface area contributed by atoms with Crippen molar-refractivity contribution in [1.82, 2.24) is 20.5 Å². The number of guanidine groups is 1. The molecule has 1 fully saturated rings. The van der Waals surface area contributed by atoms with Gasteiger partial charge in [0.2, 0.25) is 5.88 Å². The third-order valence-electron chi connectivity index (χ3n) is 5.08. The van der Waals surface area contributed by atoms with E-state index in [2.05, 4.69) is 34.4 Å². The van der Waals surface area contributed by atoms with E-state index < -0.39 is 0 Å². The first-order valence-electron chi connectivity index (χ1n) is 10.8. The summed E-state index contributed by atoms with van der Waals surface area (Å²) in [5.41, 5.74) is 0.844. The Balaban J connectivity index is 1.63. The highest BCUT2D eigenvalue weighted by Gasteiger charge is 2.19. The number of piperidine rings is 1. The molecule has 0 spiro atoms. The molecule has 1 aromatic heterocycles. The number of likely N-dealkylation sites (tertiary alicyclic amines) is 1.